The second-order valence-corrected chi connectivity index (χ2v) is 13.1. The summed E-state index contributed by atoms with van der Waals surface area (Å²) in [5.41, 5.74) is 8.37. The van der Waals surface area contributed by atoms with Gasteiger partial charge in [-0.15, -0.1) is 0 Å². The summed E-state index contributed by atoms with van der Waals surface area (Å²) < 4.78 is 0. The third-order valence-corrected chi connectivity index (χ3v) is 8.98. The van der Waals surface area contributed by atoms with Gasteiger partial charge in [-0.05, 0) is 111 Å². The average Bonchev–Trinajstić information content (AvgIpc) is 3.07. The lowest BCUT2D eigenvalue weighted by molar-refractivity contribution is 0.256. The number of fused-ring (bicyclic) bond motifs is 4. The summed E-state index contributed by atoms with van der Waals surface area (Å²) in [5.74, 6) is 0. The molecule has 0 saturated carbocycles. The summed E-state index contributed by atoms with van der Waals surface area (Å²) in [5, 5.41) is 21.2. The van der Waals surface area contributed by atoms with Gasteiger partial charge in [-0.2, -0.15) is 0 Å². The van der Waals surface area contributed by atoms with Crippen molar-refractivity contribution >= 4 is 0 Å². The number of benzene rings is 1. The van der Waals surface area contributed by atoms with Crippen LogP contribution >= 0.6 is 0 Å². The average molecular weight is 627 g/mol. The molecule has 8 nitrogen and oxygen atoms in total. The zero-order valence-corrected chi connectivity index (χ0v) is 28.0. The Balaban J connectivity index is 1.10. The quantitative estimate of drug-likeness (QED) is 0.301. The van der Waals surface area contributed by atoms with Crippen LogP contribution in [0.3, 0.4) is 0 Å². The van der Waals surface area contributed by atoms with E-state index in [1.54, 1.807) is 0 Å². The molecule has 0 radical (unpaired) electrons. The van der Waals surface area contributed by atoms with Crippen LogP contribution < -0.4 is 31.9 Å². The molecule has 0 fully saturated rings. The van der Waals surface area contributed by atoms with Gasteiger partial charge in [0.05, 0.1) is 0 Å². The number of hydrogen-bond acceptors (Lipinski definition) is 8. The molecule has 0 atom stereocenters. The first-order valence-electron chi connectivity index (χ1n) is 17.7. The van der Waals surface area contributed by atoms with Crippen LogP contribution in [0.5, 0.6) is 0 Å². The zero-order valence-electron chi connectivity index (χ0n) is 28.0. The van der Waals surface area contributed by atoms with E-state index in [1.165, 1.54) is 33.4 Å². The molecule has 0 amide bonds. The van der Waals surface area contributed by atoms with E-state index in [1.807, 2.05) is 0 Å². The molecule has 4 aliphatic rings. The van der Waals surface area contributed by atoms with Gasteiger partial charge in [-0.1, -0.05) is 48.6 Å². The number of rotatable bonds is 4. The predicted octanol–water partition coefficient (Wildman–Crippen LogP) is 3.87. The summed E-state index contributed by atoms with van der Waals surface area (Å²) >= 11 is 0. The summed E-state index contributed by atoms with van der Waals surface area (Å²) in [4.78, 5) is 5.26. The highest BCUT2D eigenvalue weighted by Gasteiger charge is 2.11. The molecule has 1 aromatic rings. The SMILES string of the molecule is C1=C2/C=C\CNCCCN(Cc3ccc(CN4CCCN/C=C5\CNC=C(/C=C\CNCCC4)C5)cc3)CCCN/C=C(\CN1)C2. The third-order valence-electron chi connectivity index (χ3n) is 8.98. The van der Waals surface area contributed by atoms with Gasteiger partial charge in [0.2, 0.25) is 0 Å². The molecule has 4 bridgehead atoms. The monoisotopic (exact) mass is 626 g/mol. The smallest absolute Gasteiger partial charge is 0.0375 e. The summed E-state index contributed by atoms with van der Waals surface area (Å²) in [6, 6.07) is 9.45. The van der Waals surface area contributed by atoms with E-state index in [0.717, 1.165) is 130 Å². The highest BCUT2D eigenvalue weighted by molar-refractivity contribution is 5.30. The Kier molecular flexibility index (Phi) is 14.8. The van der Waals surface area contributed by atoms with Crippen molar-refractivity contribution in [2.24, 2.45) is 0 Å². The van der Waals surface area contributed by atoms with E-state index >= 15 is 0 Å². The summed E-state index contributed by atoms with van der Waals surface area (Å²) in [7, 11) is 0. The molecule has 4 heterocycles. The zero-order chi connectivity index (χ0) is 31.5. The predicted molar refractivity (Wildman–Crippen MR) is 193 cm³/mol. The first-order chi connectivity index (χ1) is 22.8. The van der Waals surface area contributed by atoms with Crippen LogP contribution in [-0.4, -0.2) is 88.3 Å². The van der Waals surface area contributed by atoms with E-state index in [0.29, 0.717) is 0 Å². The molecule has 250 valence electrons. The maximum absolute atomic E-state index is 3.60. The molecule has 46 heavy (non-hydrogen) atoms. The van der Waals surface area contributed by atoms with Crippen LogP contribution in [0.2, 0.25) is 0 Å². The van der Waals surface area contributed by atoms with Crippen LogP contribution in [0.25, 0.3) is 0 Å². The van der Waals surface area contributed by atoms with Crippen LogP contribution in [-0.2, 0) is 13.1 Å². The minimum atomic E-state index is 0.922. The molecule has 8 heteroatoms. The van der Waals surface area contributed by atoms with Crippen LogP contribution in [0.1, 0.15) is 49.7 Å². The Hall–Kier alpha value is -3.30. The van der Waals surface area contributed by atoms with Gasteiger partial charge in [0.25, 0.3) is 0 Å². The molecule has 0 aromatic heterocycles. The number of nitrogens with one attached hydrogen (secondary N) is 6. The Morgan fingerprint density at radius 2 is 0.935 bits per heavy atom. The van der Waals surface area contributed by atoms with E-state index in [4.69, 9.17) is 0 Å². The fourth-order valence-corrected chi connectivity index (χ4v) is 6.49. The standard InChI is InChI=1S/C38H58N8/c1-7-35-23-37(29-43-25-35)27-41-17-5-21-45(19-3-15-39-13-1)31-33-9-11-34(12-10-33)32-46-20-4-16-40-14-2-8-36-24-38(30-44-26-36)28-42-18-6-22-46/h1-2,7-12,25-28,39-44H,3-6,13-24,29-32H2/b7-1-,8-2-,37-27-,38-28-. The molecule has 1 aromatic carbocycles. The van der Waals surface area contributed by atoms with E-state index in [2.05, 4.69) is 115 Å². The summed E-state index contributed by atoms with van der Waals surface area (Å²) in [6.07, 6.45) is 24.4. The first-order valence-corrected chi connectivity index (χ1v) is 17.7. The van der Waals surface area contributed by atoms with Crippen LogP contribution in [0.4, 0.5) is 0 Å². The van der Waals surface area contributed by atoms with Crippen molar-refractivity contribution in [3.8, 4) is 0 Å². The van der Waals surface area contributed by atoms with Crippen molar-refractivity contribution in [1.29, 1.82) is 0 Å². The molecular formula is C38H58N8. The first kappa shape index (κ1) is 34.0. The van der Waals surface area contributed by atoms with Gasteiger partial charge in [0.15, 0.2) is 0 Å². The summed E-state index contributed by atoms with van der Waals surface area (Å²) in [6.45, 7) is 14.3. The van der Waals surface area contributed by atoms with Gasteiger partial charge in [0.1, 0.15) is 0 Å². The molecule has 0 spiro atoms. The minimum Gasteiger partial charge on any atom is -0.391 e. The van der Waals surface area contributed by atoms with E-state index in [9.17, 15) is 0 Å². The molecule has 0 aliphatic carbocycles. The van der Waals surface area contributed by atoms with Gasteiger partial charge in [0, 0.05) is 77.8 Å². The Morgan fingerprint density at radius 1 is 0.500 bits per heavy atom. The van der Waals surface area contributed by atoms with Crippen LogP contribution in [0.15, 0.2) is 95.7 Å². The molecule has 0 unspecified atom stereocenters. The number of hydrogen-bond donors (Lipinski definition) is 6. The molecular weight excluding hydrogens is 568 g/mol. The molecule has 5 rings (SSSR count). The maximum Gasteiger partial charge on any atom is 0.0375 e. The lowest BCUT2D eigenvalue weighted by Gasteiger charge is -2.24. The highest BCUT2D eigenvalue weighted by Crippen LogP contribution is 2.16. The normalized spacial score (nSPS) is 25.7. The molecule has 6 N–H and O–H groups in total. The van der Waals surface area contributed by atoms with E-state index < -0.39 is 0 Å². The number of nitrogens with zero attached hydrogens (tertiary/aromatic N) is 2. The fourth-order valence-electron chi connectivity index (χ4n) is 6.49. The van der Waals surface area contributed by atoms with Gasteiger partial charge < -0.3 is 31.9 Å². The van der Waals surface area contributed by atoms with Crippen molar-refractivity contribution in [2.45, 2.75) is 51.6 Å². The van der Waals surface area contributed by atoms with Crippen molar-refractivity contribution in [3.63, 3.8) is 0 Å². The van der Waals surface area contributed by atoms with E-state index in [-0.39, 0.29) is 0 Å². The van der Waals surface area contributed by atoms with Crippen LogP contribution in [0, 0.1) is 0 Å². The van der Waals surface area contributed by atoms with Gasteiger partial charge in [-0.3, -0.25) is 9.80 Å². The highest BCUT2D eigenvalue weighted by atomic mass is 15.1. The van der Waals surface area contributed by atoms with Crippen molar-refractivity contribution in [2.75, 3.05) is 78.5 Å². The lowest BCUT2D eigenvalue weighted by Crippen LogP contribution is -2.30. The second kappa shape index (κ2) is 20.0. The minimum absolute atomic E-state index is 0.922. The second-order valence-electron chi connectivity index (χ2n) is 13.1. The number of allylic oxidation sites excluding steroid dienone is 4. The molecule has 4 aliphatic heterocycles. The Labute approximate surface area is 278 Å². The maximum atomic E-state index is 3.60. The largest absolute Gasteiger partial charge is 0.391 e. The van der Waals surface area contributed by atoms with Gasteiger partial charge in [-0.25, -0.2) is 0 Å². The van der Waals surface area contributed by atoms with Crippen molar-refractivity contribution in [1.82, 2.24) is 41.7 Å². The Morgan fingerprint density at radius 3 is 1.39 bits per heavy atom. The molecule has 0 saturated heterocycles. The van der Waals surface area contributed by atoms with Gasteiger partial charge >= 0.3 is 0 Å². The Bertz CT molecular complexity index is 1130. The topological polar surface area (TPSA) is 78.7 Å². The fraction of sp³-hybridized carbons (Fsp3) is 0.526. The van der Waals surface area contributed by atoms with Crippen molar-refractivity contribution in [3.05, 3.63) is 107 Å². The third kappa shape index (κ3) is 12.8. The van der Waals surface area contributed by atoms with Crippen molar-refractivity contribution < 1.29 is 0 Å². The lowest BCUT2D eigenvalue weighted by atomic mass is 10.0.